The zero-order valence-corrected chi connectivity index (χ0v) is 17.8. The molecule has 7 heteroatoms. The van der Waals surface area contributed by atoms with Crippen molar-refractivity contribution in [2.24, 2.45) is 0 Å². The molecule has 0 aromatic heterocycles. The highest BCUT2D eigenvalue weighted by atomic mass is 32.2. The molecule has 0 saturated heterocycles. The first-order chi connectivity index (χ1) is 13.8. The number of nitrogens with one attached hydrogen (secondary N) is 2. The maximum atomic E-state index is 12.8. The second-order valence-corrected chi connectivity index (χ2v) is 9.52. The van der Waals surface area contributed by atoms with Crippen LogP contribution in [-0.2, 0) is 16.6 Å². The summed E-state index contributed by atoms with van der Waals surface area (Å²) < 4.78 is 25.3. The van der Waals surface area contributed by atoms with Crippen LogP contribution in [0.3, 0.4) is 0 Å². The van der Waals surface area contributed by atoms with E-state index >= 15 is 0 Å². The van der Waals surface area contributed by atoms with E-state index < -0.39 is 10.0 Å². The van der Waals surface area contributed by atoms with Gasteiger partial charge >= 0.3 is 0 Å². The largest absolute Gasteiger partial charge is 0.322 e. The number of nitrogens with zero attached hydrogens (tertiary/aromatic N) is 1. The minimum Gasteiger partial charge on any atom is -0.322 e. The van der Waals surface area contributed by atoms with E-state index in [4.69, 9.17) is 0 Å². The van der Waals surface area contributed by atoms with Gasteiger partial charge in [0.15, 0.2) is 0 Å². The van der Waals surface area contributed by atoms with E-state index in [1.54, 1.807) is 18.2 Å². The Labute approximate surface area is 173 Å². The molecule has 0 heterocycles. The molecule has 1 saturated carbocycles. The Hall–Kier alpha value is -2.38. The van der Waals surface area contributed by atoms with Crippen molar-refractivity contribution in [3.8, 4) is 0 Å². The third kappa shape index (κ3) is 6.30. The van der Waals surface area contributed by atoms with Gasteiger partial charge in [-0.15, -0.1) is 0 Å². The van der Waals surface area contributed by atoms with Gasteiger partial charge in [-0.05, 0) is 49.7 Å². The van der Waals surface area contributed by atoms with E-state index in [2.05, 4.69) is 22.0 Å². The van der Waals surface area contributed by atoms with Crippen molar-refractivity contribution in [2.45, 2.75) is 44.7 Å². The average molecular weight is 416 g/mol. The molecule has 1 amide bonds. The maximum absolute atomic E-state index is 12.8. The molecule has 0 atom stereocenters. The van der Waals surface area contributed by atoms with Gasteiger partial charge in [0, 0.05) is 29.5 Å². The molecule has 3 rings (SSSR count). The Bertz CT molecular complexity index is 953. The molecule has 6 nitrogen and oxygen atoms in total. The van der Waals surface area contributed by atoms with Crippen molar-refractivity contribution in [3.63, 3.8) is 0 Å². The highest BCUT2D eigenvalue weighted by Crippen LogP contribution is 2.25. The van der Waals surface area contributed by atoms with Crippen LogP contribution < -0.4 is 10.0 Å². The van der Waals surface area contributed by atoms with Gasteiger partial charge in [0.2, 0.25) is 10.0 Å². The van der Waals surface area contributed by atoms with Crippen molar-refractivity contribution in [3.05, 3.63) is 59.7 Å². The second-order valence-electron chi connectivity index (χ2n) is 7.77. The van der Waals surface area contributed by atoms with Crippen molar-refractivity contribution in [1.82, 2.24) is 4.90 Å². The average Bonchev–Trinajstić information content (AvgIpc) is 2.69. The van der Waals surface area contributed by atoms with E-state index in [9.17, 15) is 13.2 Å². The lowest BCUT2D eigenvalue weighted by molar-refractivity contribution is 0.102. The summed E-state index contributed by atoms with van der Waals surface area (Å²) in [5, 5.41) is 2.98. The lowest BCUT2D eigenvalue weighted by atomic mass is 9.94. The topological polar surface area (TPSA) is 78.5 Å². The van der Waals surface area contributed by atoms with Gasteiger partial charge < -0.3 is 5.32 Å². The number of hydrogen-bond acceptors (Lipinski definition) is 4. The van der Waals surface area contributed by atoms with Gasteiger partial charge in [-0.3, -0.25) is 14.4 Å². The third-order valence-corrected chi connectivity index (χ3v) is 5.92. The summed E-state index contributed by atoms with van der Waals surface area (Å²) in [5.74, 6) is -0.269. The number of rotatable bonds is 7. The van der Waals surface area contributed by atoms with Gasteiger partial charge in [0.1, 0.15) is 0 Å². The van der Waals surface area contributed by atoms with Crippen LogP contribution in [0.5, 0.6) is 0 Å². The summed E-state index contributed by atoms with van der Waals surface area (Å²) in [6, 6.07) is 14.9. The summed E-state index contributed by atoms with van der Waals surface area (Å²) in [7, 11) is -1.25. The van der Waals surface area contributed by atoms with E-state index in [0.29, 0.717) is 17.3 Å². The van der Waals surface area contributed by atoms with E-state index in [1.807, 2.05) is 24.3 Å². The zero-order valence-electron chi connectivity index (χ0n) is 17.0. The molecular weight excluding hydrogens is 386 g/mol. The Morgan fingerprint density at radius 2 is 1.79 bits per heavy atom. The lowest BCUT2D eigenvalue weighted by Gasteiger charge is -2.31. The minimum absolute atomic E-state index is 0.269. The predicted molar refractivity (Wildman–Crippen MR) is 118 cm³/mol. The first-order valence-electron chi connectivity index (χ1n) is 9.99. The lowest BCUT2D eigenvalue weighted by Crippen LogP contribution is -2.33. The number of amides is 1. The standard InChI is InChI=1S/C22H29N3O3S/c1-25(20-12-4-3-5-13-20)16-18-9-6-7-14-21(18)23-22(26)17-10-8-11-19(15-17)24-29(2,27)28/h6-11,14-15,20,24H,3-5,12-13,16H2,1-2H3,(H,23,26). The van der Waals surface area contributed by atoms with Gasteiger partial charge in [-0.1, -0.05) is 43.5 Å². The first-order valence-corrected chi connectivity index (χ1v) is 11.9. The number of carbonyl (C=O) groups excluding carboxylic acids is 1. The van der Waals surface area contributed by atoms with Crippen LogP contribution in [0.1, 0.15) is 48.0 Å². The van der Waals surface area contributed by atoms with Crippen LogP contribution in [0.4, 0.5) is 11.4 Å². The van der Waals surface area contributed by atoms with E-state index in [0.717, 1.165) is 24.1 Å². The highest BCUT2D eigenvalue weighted by molar-refractivity contribution is 7.92. The normalized spacial score (nSPS) is 15.3. The molecule has 1 aliphatic rings. The van der Waals surface area contributed by atoms with Crippen molar-refractivity contribution in [2.75, 3.05) is 23.3 Å². The van der Waals surface area contributed by atoms with Gasteiger partial charge in [-0.25, -0.2) is 8.42 Å². The van der Waals surface area contributed by atoms with Crippen LogP contribution in [0.2, 0.25) is 0 Å². The Kier molecular flexibility index (Phi) is 6.92. The maximum Gasteiger partial charge on any atom is 0.255 e. The van der Waals surface area contributed by atoms with Crippen LogP contribution in [0, 0.1) is 0 Å². The van der Waals surface area contributed by atoms with Gasteiger partial charge in [0.05, 0.1) is 6.26 Å². The summed E-state index contributed by atoms with van der Waals surface area (Å²) >= 11 is 0. The van der Waals surface area contributed by atoms with E-state index in [1.165, 1.54) is 38.2 Å². The third-order valence-electron chi connectivity index (χ3n) is 5.31. The minimum atomic E-state index is -3.40. The molecule has 0 spiro atoms. The van der Waals surface area contributed by atoms with Crippen LogP contribution in [0.25, 0.3) is 0 Å². The van der Waals surface area contributed by atoms with Crippen molar-refractivity contribution in [1.29, 1.82) is 0 Å². The van der Waals surface area contributed by atoms with Crippen molar-refractivity contribution >= 4 is 27.3 Å². The van der Waals surface area contributed by atoms with Crippen LogP contribution >= 0.6 is 0 Å². The Morgan fingerprint density at radius 1 is 1.07 bits per heavy atom. The Morgan fingerprint density at radius 3 is 2.52 bits per heavy atom. The smallest absolute Gasteiger partial charge is 0.255 e. The molecular formula is C22H29N3O3S. The SMILES string of the molecule is CN(Cc1ccccc1NC(=O)c1cccc(NS(C)(=O)=O)c1)C1CCCCC1. The molecule has 29 heavy (non-hydrogen) atoms. The summed E-state index contributed by atoms with van der Waals surface area (Å²) in [4.78, 5) is 15.1. The fourth-order valence-electron chi connectivity index (χ4n) is 3.83. The summed E-state index contributed by atoms with van der Waals surface area (Å²) in [6.07, 6.45) is 7.43. The number of hydrogen-bond donors (Lipinski definition) is 2. The molecule has 0 radical (unpaired) electrons. The van der Waals surface area contributed by atoms with Crippen molar-refractivity contribution < 1.29 is 13.2 Å². The van der Waals surface area contributed by atoms with Crippen LogP contribution in [-0.4, -0.2) is 38.6 Å². The number of anilines is 2. The quantitative estimate of drug-likeness (QED) is 0.714. The molecule has 156 valence electrons. The summed E-state index contributed by atoms with van der Waals surface area (Å²) in [6.45, 7) is 0.775. The number of sulfonamides is 1. The molecule has 0 aliphatic heterocycles. The molecule has 0 bridgehead atoms. The molecule has 2 aromatic carbocycles. The highest BCUT2D eigenvalue weighted by Gasteiger charge is 2.19. The monoisotopic (exact) mass is 415 g/mol. The van der Waals surface area contributed by atoms with Gasteiger partial charge in [-0.2, -0.15) is 0 Å². The molecule has 1 aliphatic carbocycles. The molecule has 2 aromatic rings. The van der Waals surface area contributed by atoms with Crippen LogP contribution in [0.15, 0.2) is 48.5 Å². The summed E-state index contributed by atoms with van der Waals surface area (Å²) in [5.41, 5.74) is 2.61. The molecule has 0 unspecified atom stereocenters. The van der Waals surface area contributed by atoms with E-state index in [-0.39, 0.29) is 5.91 Å². The second kappa shape index (κ2) is 9.41. The molecule has 1 fully saturated rings. The fourth-order valence-corrected chi connectivity index (χ4v) is 4.39. The number of para-hydroxylation sites is 1. The fraction of sp³-hybridized carbons (Fsp3) is 0.409. The first kappa shape index (κ1) is 21.3. The van der Waals surface area contributed by atoms with Gasteiger partial charge in [0.25, 0.3) is 5.91 Å². The number of benzene rings is 2. The zero-order chi connectivity index (χ0) is 20.9. The Balaban J connectivity index is 1.72. The molecule has 2 N–H and O–H groups in total. The number of carbonyl (C=O) groups is 1. The predicted octanol–water partition coefficient (Wildman–Crippen LogP) is 4.07.